The maximum atomic E-state index is 13.6. The van der Waals surface area contributed by atoms with Crippen molar-refractivity contribution in [2.24, 2.45) is 5.92 Å². The summed E-state index contributed by atoms with van der Waals surface area (Å²) in [5, 5.41) is 0. The van der Waals surface area contributed by atoms with Crippen molar-refractivity contribution in [3.63, 3.8) is 0 Å². The van der Waals surface area contributed by atoms with Crippen LogP contribution in [0.1, 0.15) is 65.7 Å². The zero-order valence-electron chi connectivity index (χ0n) is 21.9. The molecule has 1 aliphatic carbocycles. The predicted molar refractivity (Wildman–Crippen MR) is 143 cm³/mol. The summed E-state index contributed by atoms with van der Waals surface area (Å²) in [5.74, 6) is 0.752. The third-order valence-corrected chi connectivity index (χ3v) is 8.51. The summed E-state index contributed by atoms with van der Waals surface area (Å²) in [6, 6.07) is 13.2. The number of nitrogens with zero attached hydrogens (tertiary/aromatic N) is 3. The molecule has 200 valence electrons. The Balaban J connectivity index is 1.17. The molecule has 3 amide bonds. The summed E-state index contributed by atoms with van der Waals surface area (Å²) in [7, 11) is 1.95. The Morgan fingerprint density at radius 3 is 2.55 bits per heavy atom. The quantitative estimate of drug-likeness (QED) is 0.555. The molecule has 4 aliphatic rings. The number of hydrogen-bond donors (Lipinski definition) is 0. The molecule has 0 bridgehead atoms. The molecular weight excluding hydrogens is 482 g/mol. The Bertz CT molecular complexity index is 1240. The summed E-state index contributed by atoms with van der Waals surface area (Å²) in [4.78, 5) is 45.8. The lowest BCUT2D eigenvalue weighted by Crippen LogP contribution is -2.47. The van der Waals surface area contributed by atoms with Gasteiger partial charge in [-0.15, -0.1) is 0 Å². The Morgan fingerprint density at radius 1 is 0.947 bits per heavy atom. The number of para-hydroxylation sites is 2. The van der Waals surface area contributed by atoms with Crippen LogP contribution in [0.15, 0.2) is 42.5 Å². The highest BCUT2D eigenvalue weighted by atomic mass is 16.6. The van der Waals surface area contributed by atoms with Gasteiger partial charge in [0.15, 0.2) is 17.6 Å². The predicted octanol–water partition coefficient (Wildman–Crippen LogP) is 4.13. The van der Waals surface area contributed by atoms with Gasteiger partial charge in [-0.2, -0.15) is 0 Å². The molecule has 8 nitrogen and oxygen atoms in total. The lowest BCUT2D eigenvalue weighted by molar-refractivity contribution is -0.137. The molecule has 0 radical (unpaired) electrons. The van der Waals surface area contributed by atoms with Crippen LogP contribution in [0.3, 0.4) is 0 Å². The van der Waals surface area contributed by atoms with Gasteiger partial charge in [0.1, 0.15) is 6.61 Å². The van der Waals surface area contributed by atoms with Crippen molar-refractivity contribution in [3.8, 4) is 11.5 Å². The first-order chi connectivity index (χ1) is 18.5. The van der Waals surface area contributed by atoms with Gasteiger partial charge >= 0.3 is 0 Å². The maximum absolute atomic E-state index is 13.6. The van der Waals surface area contributed by atoms with Crippen molar-refractivity contribution >= 4 is 23.4 Å². The third-order valence-electron chi connectivity index (χ3n) is 8.51. The van der Waals surface area contributed by atoms with Gasteiger partial charge in [0.25, 0.3) is 11.8 Å². The lowest BCUT2D eigenvalue weighted by Gasteiger charge is -2.38. The van der Waals surface area contributed by atoms with E-state index in [1.54, 1.807) is 6.07 Å². The number of piperidine rings is 1. The number of hydrogen-bond acceptors (Lipinski definition) is 6. The second-order valence-corrected chi connectivity index (χ2v) is 10.9. The maximum Gasteiger partial charge on any atom is 0.263 e. The van der Waals surface area contributed by atoms with Crippen LogP contribution in [0.4, 0.5) is 5.69 Å². The van der Waals surface area contributed by atoms with E-state index in [-0.39, 0.29) is 36.8 Å². The van der Waals surface area contributed by atoms with Crippen molar-refractivity contribution in [1.82, 2.24) is 9.80 Å². The van der Waals surface area contributed by atoms with Crippen LogP contribution in [0.25, 0.3) is 0 Å². The number of ether oxygens (including phenoxy) is 2. The highest BCUT2D eigenvalue weighted by Crippen LogP contribution is 2.36. The van der Waals surface area contributed by atoms with Crippen LogP contribution in [-0.4, -0.2) is 73.0 Å². The largest absolute Gasteiger partial charge is 0.486 e. The molecule has 0 spiro atoms. The second kappa shape index (κ2) is 10.3. The monoisotopic (exact) mass is 517 g/mol. The van der Waals surface area contributed by atoms with E-state index in [2.05, 4.69) is 4.90 Å². The lowest BCUT2D eigenvalue weighted by atomic mass is 9.91. The minimum Gasteiger partial charge on any atom is -0.486 e. The number of carbonyl (C=O) groups excluding carboxylic acids is 3. The summed E-state index contributed by atoms with van der Waals surface area (Å²) < 4.78 is 11.8. The molecule has 2 aromatic rings. The van der Waals surface area contributed by atoms with E-state index in [1.807, 2.05) is 48.3 Å². The fourth-order valence-corrected chi connectivity index (χ4v) is 6.44. The molecule has 0 aromatic heterocycles. The molecule has 8 heteroatoms. The molecule has 3 heterocycles. The summed E-state index contributed by atoms with van der Waals surface area (Å²) in [5.41, 5.74) is 1.59. The van der Waals surface area contributed by atoms with Gasteiger partial charge in [0, 0.05) is 26.2 Å². The number of anilines is 1. The van der Waals surface area contributed by atoms with Crippen LogP contribution < -0.4 is 14.4 Å². The number of amides is 3. The second-order valence-electron chi connectivity index (χ2n) is 10.9. The van der Waals surface area contributed by atoms with E-state index >= 15 is 0 Å². The van der Waals surface area contributed by atoms with E-state index in [0.29, 0.717) is 35.2 Å². The fraction of sp³-hybridized carbons (Fsp3) is 0.500. The number of carbonyl (C=O) groups is 3. The average Bonchev–Trinajstić information content (AvgIpc) is 3.21. The van der Waals surface area contributed by atoms with Crippen molar-refractivity contribution in [1.29, 1.82) is 0 Å². The molecule has 38 heavy (non-hydrogen) atoms. The fourth-order valence-electron chi connectivity index (χ4n) is 6.44. The number of benzene rings is 2. The van der Waals surface area contributed by atoms with Crippen LogP contribution in [0.2, 0.25) is 0 Å². The Morgan fingerprint density at radius 2 is 1.74 bits per heavy atom. The molecule has 1 saturated carbocycles. The Labute approximate surface area is 223 Å². The van der Waals surface area contributed by atoms with E-state index in [0.717, 1.165) is 37.9 Å². The SMILES string of the molecule is CN(C(=O)C1CCCN(c2cccc3c2C(=O)N(CC2COc4ccccc4O2)C3=O)C1)C1CCCCC1. The van der Waals surface area contributed by atoms with E-state index in [4.69, 9.17) is 9.47 Å². The van der Waals surface area contributed by atoms with Crippen LogP contribution >= 0.6 is 0 Å². The molecule has 2 atom stereocenters. The molecule has 2 fully saturated rings. The first-order valence-corrected chi connectivity index (χ1v) is 13.9. The van der Waals surface area contributed by atoms with E-state index in [9.17, 15) is 14.4 Å². The van der Waals surface area contributed by atoms with E-state index in [1.165, 1.54) is 24.2 Å². The van der Waals surface area contributed by atoms with Crippen LogP contribution in [-0.2, 0) is 4.79 Å². The normalized spacial score (nSPS) is 23.4. The van der Waals surface area contributed by atoms with Gasteiger partial charge in [0.05, 0.1) is 29.3 Å². The first kappa shape index (κ1) is 24.8. The summed E-state index contributed by atoms with van der Waals surface area (Å²) in [6.45, 7) is 1.70. The summed E-state index contributed by atoms with van der Waals surface area (Å²) in [6.07, 6.45) is 7.07. The minimum absolute atomic E-state index is 0.109. The standard InChI is InChI=1S/C30H35N3O5/c1-31(21-10-3-2-4-11-21)28(34)20-9-8-16-32(17-20)24-13-7-12-23-27(24)30(36)33(29(23)35)18-22-19-37-25-14-5-6-15-26(25)38-22/h5-7,12-15,20-22H,2-4,8-11,16-19H2,1H3. The minimum atomic E-state index is -0.442. The van der Waals surface area contributed by atoms with E-state index < -0.39 is 6.10 Å². The number of fused-ring (bicyclic) bond motifs is 2. The average molecular weight is 518 g/mol. The number of rotatable bonds is 5. The van der Waals surface area contributed by atoms with Crippen molar-refractivity contribution in [3.05, 3.63) is 53.6 Å². The molecular formula is C30H35N3O5. The highest BCUT2D eigenvalue weighted by Gasteiger charge is 2.41. The van der Waals surface area contributed by atoms with Crippen LogP contribution in [0.5, 0.6) is 11.5 Å². The van der Waals surface area contributed by atoms with Gasteiger partial charge in [-0.3, -0.25) is 19.3 Å². The topological polar surface area (TPSA) is 79.4 Å². The smallest absolute Gasteiger partial charge is 0.263 e. The highest BCUT2D eigenvalue weighted by molar-refractivity contribution is 6.23. The Hall–Kier alpha value is -3.55. The number of imide groups is 1. The van der Waals surface area contributed by atoms with Crippen molar-refractivity contribution in [2.75, 3.05) is 38.2 Å². The molecule has 1 saturated heterocycles. The van der Waals surface area contributed by atoms with Gasteiger partial charge in [-0.05, 0) is 49.9 Å². The van der Waals surface area contributed by atoms with Gasteiger partial charge in [0.2, 0.25) is 5.91 Å². The summed E-state index contributed by atoms with van der Waals surface area (Å²) >= 11 is 0. The van der Waals surface area contributed by atoms with Gasteiger partial charge < -0.3 is 19.3 Å². The Kier molecular flexibility index (Phi) is 6.72. The zero-order chi connectivity index (χ0) is 26.2. The van der Waals surface area contributed by atoms with Crippen molar-refractivity contribution < 1.29 is 23.9 Å². The van der Waals surface area contributed by atoms with Crippen LogP contribution in [0, 0.1) is 5.92 Å². The molecule has 6 rings (SSSR count). The molecule has 0 N–H and O–H groups in total. The van der Waals surface area contributed by atoms with Crippen molar-refractivity contribution in [2.45, 2.75) is 57.1 Å². The van der Waals surface area contributed by atoms with Gasteiger partial charge in [-0.1, -0.05) is 37.5 Å². The molecule has 3 aliphatic heterocycles. The third kappa shape index (κ3) is 4.50. The molecule has 2 aromatic carbocycles. The van der Waals surface area contributed by atoms with Gasteiger partial charge in [-0.25, -0.2) is 0 Å². The first-order valence-electron chi connectivity index (χ1n) is 13.9. The zero-order valence-corrected chi connectivity index (χ0v) is 21.9. The molecule has 2 unspecified atom stereocenters.